The molecule has 0 radical (unpaired) electrons. The number of anilines is 1. The predicted octanol–water partition coefficient (Wildman–Crippen LogP) is 6.15. The summed E-state index contributed by atoms with van der Waals surface area (Å²) < 4.78 is 14.1. The number of rotatable bonds is 9. The van der Waals surface area contributed by atoms with Crippen LogP contribution in [0.3, 0.4) is 0 Å². The molecule has 47 heavy (non-hydrogen) atoms. The van der Waals surface area contributed by atoms with Crippen LogP contribution in [0.2, 0.25) is 0 Å². The van der Waals surface area contributed by atoms with Gasteiger partial charge in [-0.2, -0.15) is 5.21 Å². The first-order valence-electron chi connectivity index (χ1n) is 15.8. The van der Waals surface area contributed by atoms with Gasteiger partial charge >= 0.3 is 0 Å². The Morgan fingerprint density at radius 2 is 1.53 bits per heavy atom. The molecule has 236 valence electrons. The number of hydrogen-bond acceptors (Lipinski definition) is 9. The zero-order valence-corrected chi connectivity index (χ0v) is 26.3. The number of nitrogens with one attached hydrogen (secondary N) is 4. The zero-order valence-electron chi connectivity index (χ0n) is 25.5. The molecule has 0 bridgehead atoms. The van der Waals surface area contributed by atoms with Gasteiger partial charge in [-0.05, 0) is 108 Å². The maximum Gasteiger partial charge on any atom is 0.255 e. The molecule has 0 aliphatic carbocycles. The van der Waals surface area contributed by atoms with Gasteiger partial charge in [0, 0.05) is 45.7 Å². The summed E-state index contributed by atoms with van der Waals surface area (Å²) in [7, 11) is 0. The zero-order chi connectivity index (χ0) is 31.6. The lowest BCUT2D eigenvalue weighted by Crippen LogP contribution is -2.20. The van der Waals surface area contributed by atoms with Crippen LogP contribution in [0.1, 0.15) is 23.2 Å². The Morgan fingerprint density at radius 1 is 0.787 bits per heavy atom. The summed E-state index contributed by atoms with van der Waals surface area (Å²) in [6.07, 6.45) is 2.04. The monoisotopic (exact) mass is 643 g/mol. The smallest absolute Gasteiger partial charge is 0.255 e. The molecule has 4 N–H and O–H groups in total. The first kappa shape index (κ1) is 29.3. The number of nitrogens with zero attached hydrogens (tertiary/aromatic N) is 3. The first-order chi connectivity index (χ1) is 23.2. The third-order valence-corrected chi connectivity index (χ3v) is 9.52. The number of hydrogen-bond donors (Lipinski definition) is 4. The molecule has 2 fully saturated rings. The standard InChI is InChI=1S/C36H33N7O3S/c44-36(26-6-8-32(45-28-10-13-37-20-28)30(17-26)24-5-4-22-12-15-47-34(22)18-24)39-27-7-9-33(46-29-11-14-38-21-29)31(19-27)23-2-1-3-25(16-23)35-40-42-43-41-35/h1-9,12,15-19,28-29,37-38H,10-11,13-14,20-21H2,(H,39,44)(H,40,41,42,43). The van der Waals surface area contributed by atoms with Gasteiger partial charge in [0.05, 0.1) is 0 Å². The number of H-pyrrole nitrogens is 1. The van der Waals surface area contributed by atoms with Crippen molar-refractivity contribution in [3.63, 3.8) is 0 Å². The fraction of sp³-hybridized carbons (Fsp3) is 0.222. The number of aromatic amines is 1. The molecular formula is C36H33N7O3S. The second-order valence-electron chi connectivity index (χ2n) is 11.8. The number of carbonyl (C=O) groups excluding carboxylic acids is 1. The Bertz CT molecular complexity index is 2030. The lowest BCUT2D eigenvalue weighted by molar-refractivity contribution is 0.102. The molecule has 4 aromatic carbocycles. The van der Waals surface area contributed by atoms with Crippen molar-refractivity contribution in [3.05, 3.63) is 95.9 Å². The van der Waals surface area contributed by atoms with E-state index in [4.69, 9.17) is 9.47 Å². The molecule has 11 heteroatoms. The summed E-state index contributed by atoms with van der Waals surface area (Å²) in [5, 5.41) is 27.7. The van der Waals surface area contributed by atoms with E-state index < -0.39 is 0 Å². The van der Waals surface area contributed by atoms with Crippen LogP contribution in [0.15, 0.2) is 90.3 Å². The number of benzene rings is 4. The molecule has 4 heterocycles. The summed E-state index contributed by atoms with van der Waals surface area (Å²) in [5.41, 5.74) is 5.71. The highest BCUT2D eigenvalue weighted by atomic mass is 32.1. The van der Waals surface area contributed by atoms with Crippen molar-refractivity contribution < 1.29 is 14.3 Å². The Balaban J connectivity index is 1.12. The van der Waals surface area contributed by atoms with Crippen molar-refractivity contribution in [2.45, 2.75) is 25.0 Å². The van der Waals surface area contributed by atoms with Gasteiger partial charge in [0.15, 0.2) is 0 Å². The second-order valence-corrected chi connectivity index (χ2v) is 12.8. The number of tetrazole rings is 1. The summed E-state index contributed by atoms with van der Waals surface area (Å²) in [4.78, 5) is 13.8. The van der Waals surface area contributed by atoms with E-state index in [1.807, 2.05) is 60.7 Å². The molecule has 2 atom stereocenters. The second kappa shape index (κ2) is 13.0. The number of ether oxygens (including phenoxy) is 2. The quantitative estimate of drug-likeness (QED) is 0.148. The van der Waals surface area contributed by atoms with E-state index in [0.29, 0.717) is 17.1 Å². The van der Waals surface area contributed by atoms with E-state index in [0.717, 1.165) is 78.3 Å². The molecule has 0 spiro atoms. The van der Waals surface area contributed by atoms with Gasteiger partial charge < -0.3 is 25.4 Å². The average molecular weight is 644 g/mol. The minimum absolute atomic E-state index is 0.0714. The maximum absolute atomic E-state index is 13.8. The van der Waals surface area contributed by atoms with E-state index in [9.17, 15) is 4.79 Å². The summed E-state index contributed by atoms with van der Waals surface area (Å²) in [6.45, 7) is 3.46. The minimum atomic E-state index is -0.210. The Kier molecular flexibility index (Phi) is 8.08. The van der Waals surface area contributed by atoms with Gasteiger partial charge in [0.1, 0.15) is 23.7 Å². The number of aromatic nitrogens is 4. The van der Waals surface area contributed by atoms with Crippen LogP contribution in [0, 0.1) is 0 Å². The summed E-state index contributed by atoms with van der Waals surface area (Å²) in [6, 6.07) is 27.9. The van der Waals surface area contributed by atoms with Crippen LogP contribution >= 0.6 is 11.3 Å². The van der Waals surface area contributed by atoms with Gasteiger partial charge in [-0.1, -0.05) is 30.3 Å². The SMILES string of the molecule is O=C(Nc1ccc(OC2CCNC2)c(-c2cccc(-c3nn[nH]n3)c2)c1)c1ccc(OC2CCNC2)c(-c2ccc3ccsc3c2)c1. The molecule has 10 nitrogen and oxygen atoms in total. The van der Waals surface area contributed by atoms with Gasteiger partial charge in [-0.3, -0.25) is 4.79 Å². The molecule has 2 saturated heterocycles. The van der Waals surface area contributed by atoms with Crippen LogP contribution in [0.5, 0.6) is 11.5 Å². The fourth-order valence-electron chi connectivity index (χ4n) is 6.19. The van der Waals surface area contributed by atoms with E-state index in [1.54, 1.807) is 11.3 Å². The Hall–Kier alpha value is -5.10. The van der Waals surface area contributed by atoms with E-state index in [2.05, 4.69) is 66.2 Å². The topological polar surface area (TPSA) is 126 Å². The van der Waals surface area contributed by atoms with Crippen LogP contribution in [-0.4, -0.2) is 64.9 Å². The van der Waals surface area contributed by atoms with E-state index in [-0.39, 0.29) is 18.1 Å². The number of amides is 1. The molecule has 2 unspecified atom stereocenters. The van der Waals surface area contributed by atoms with Crippen molar-refractivity contribution >= 4 is 33.0 Å². The van der Waals surface area contributed by atoms with E-state index >= 15 is 0 Å². The van der Waals surface area contributed by atoms with Gasteiger partial charge in [-0.25, -0.2) is 0 Å². The summed E-state index contributed by atoms with van der Waals surface area (Å²) >= 11 is 1.70. The Morgan fingerprint density at radius 3 is 2.28 bits per heavy atom. The molecule has 8 rings (SSSR count). The highest BCUT2D eigenvalue weighted by Gasteiger charge is 2.22. The highest BCUT2D eigenvalue weighted by Crippen LogP contribution is 2.37. The molecule has 6 aromatic rings. The van der Waals surface area contributed by atoms with Crippen molar-refractivity contribution in [2.24, 2.45) is 0 Å². The Labute approximate surface area is 275 Å². The van der Waals surface area contributed by atoms with Gasteiger partial charge in [-0.15, -0.1) is 21.5 Å². The molecule has 2 aliphatic rings. The average Bonchev–Trinajstić information content (AvgIpc) is 3.94. The van der Waals surface area contributed by atoms with E-state index in [1.165, 1.54) is 10.1 Å². The van der Waals surface area contributed by atoms with Crippen molar-refractivity contribution in [1.82, 2.24) is 31.3 Å². The highest BCUT2D eigenvalue weighted by molar-refractivity contribution is 7.17. The molecular weight excluding hydrogens is 611 g/mol. The lowest BCUT2D eigenvalue weighted by Gasteiger charge is -2.19. The number of carbonyl (C=O) groups is 1. The molecule has 2 aromatic heterocycles. The minimum Gasteiger partial charge on any atom is -0.488 e. The van der Waals surface area contributed by atoms with Crippen LogP contribution in [0.25, 0.3) is 43.7 Å². The van der Waals surface area contributed by atoms with Crippen molar-refractivity contribution in [2.75, 3.05) is 31.5 Å². The fourth-order valence-corrected chi connectivity index (χ4v) is 7.02. The van der Waals surface area contributed by atoms with Crippen molar-refractivity contribution in [3.8, 4) is 45.1 Å². The van der Waals surface area contributed by atoms with Gasteiger partial charge in [0.2, 0.25) is 5.82 Å². The summed E-state index contributed by atoms with van der Waals surface area (Å²) in [5.74, 6) is 1.82. The third kappa shape index (κ3) is 6.33. The molecule has 2 aliphatic heterocycles. The van der Waals surface area contributed by atoms with Crippen LogP contribution in [-0.2, 0) is 0 Å². The number of thiophene rings is 1. The normalized spacial score (nSPS) is 17.6. The molecule has 0 saturated carbocycles. The third-order valence-electron chi connectivity index (χ3n) is 8.64. The van der Waals surface area contributed by atoms with Gasteiger partial charge in [0.25, 0.3) is 5.91 Å². The maximum atomic E-state index is 13.8. The number of fused-ring (bicyclic) bond motifs is 1. The van der Waals surface area contributed by atoms with Crippen molar-refractivity contribution in [1.29, 1.82) is 0 Å². The van der Waals surface area contributed by atoms with Crippen LogP contribution < -0.4 is 25.4 Å². The predicted molar refractivity (Wildman–Crippen MR) is 184 cm³/mol. The largest absolute Gasteiger partial charge is 0.488 e. The van der Waals surface area contributed by atoms with Crippen LogP contribution in [0.4, 0.5) is 5.69 Å². The lowest BCUT2D eigenvalue weighted by atomic mass is 10.00. The first-order valence-corrected chi connectivity index (χ1v) is 16.7. The molecule has 1 amide bonds.